The highest BCUT2D eigenvalue weighted by molar-refractivity contribution is 7.92. The van der Waals surface area contributed by atoms with E-state index in [1.807, 2.05) is 32.0 Å². The summed E-state index contributed by atoms with van der Waals surface area (Å²) in [6.45, 7) is 10.2. The summed E-state index contributed by atoms with van der Waals surface area (Å²) in [4.78, 5) is 12.7. The van der Waals surface area contributed by atoms with Gasteiger partial charge >= 0.3 is 0 Å². The van der Waals surface area contributed by atoms with Gasteiger partial charge in [0.25, 0.3) is 15.9 Å². The first-order chi connectivity index (χ1) is 15.4. The van der Waals surface area contributed by atoms with Crippen molar-refractivity contribution in [1.29, 1.82) is 0 Å². The molecule has 1 amide bonds. The summed E-state index contributed by atoms with van der Waals surface area (Å²) in [5.41, 5.74) is 3.76. The number of carbonyl (C=O) groups is 1. The van der Waals surface area contributed by atoms with Gasteiger partial charge in [-0.15, -0.1) is 0 Å². The molecule has 0 aliphatic rings. The highest BCUT2D eigenvalue weighted by Crippen LogP contribution is 2.27. The van der Waals surface area contributed by atoms with Crippen LogP contribution in [-0.2, 0) is 15.4 Å². The lowest BCUT2D eigenvalue weighted by atomic mass is 9.86. The predicted molar refractivity (Wildman–Crippen MR) is 134 cm³/mol. The first kappa shape index (κ1) is 24.8. The molecule has 7 heteroatoms. The molecule has 174 valence electrons. The third-order valence-corrected chi connectivity index (χ3v) is 7.24. The molecule has 0 unspecified atom stereocenters. The second-order valence-electron chi connectivity index (χ2n) is 9.19. The van der Waals surface area contributed by atoms with Gasteiger partial charge in [0.2, 0.25) is 0 Å². The van der Waals surface area contributed by atoms with E-state index in [0.29, 0.717) is 5.69 Å². The number of aryl methyl sites for hydroxylation is 1. The normalized spacial score (nSPS) is 12.8. The highest BCUT2D eigenvalue weighted by Gasteiger charge is 2.21. The van der Waals surface area contributed by atoms with Crippen LogP contribution in [0.3, 0.4) is 0 Å². The Morgan fingerprint density at radius 3 is 2.24 bits per heavy atom. The third kappa shape index (κ3) is 6.15. The Bertz CT molecular complexity index is 1260. The molecule has 0 heterocycles. The van der Waals surface area contributed by atoms with E-state index in [1.54, 1.807) is 18.2 Å². The summed E-state index contributed by atoms with van der Waals surface area (Å²) in [6, 6.07) is 19.1. The zero-order valence-electron chi connectivity index (χ0n) is 19.4. The second-order valence-corrected chi connectivity index (χ2v) is 11.2. The fraction of sp³-hybridized carbons (Fsp3) is 0.269. The molecular formula is C26H29ClN2O3S. The number of anilines is 1. The summed E-state index contributed by atoms with van der Waals surface area (Å²) in [5, 5.41) is 2.97. The van der Waals surface area contributed by atoms with Gasteiger partial charge < -0.3 is 5.32 Å². The smallest absolute Gasteiger partial charge is 0.263 e. The van der Waals surface area contributed by atoms with Crippen LogP contribution in [0, 0.1) is 6.92 Å². The Kier molecular flexibility index (Phi) is 7.20. The molecule has 0 aromatic heterocycles. The lowest BCUT2D eigenvalue weighted by Gasteiger charge is -2.21. The maximum Gasteiger partial charge on any atom is 0.263 e. The molecule has 0 saturated heterocycles. The van der Waals surface area contributed by atoms with E-state index < -0.39 is 10.0 Å². The quantitative estimate of drug-likeness (QED) is 0.435. The maximum atomic E-state index is 12.9. The molecule has 0 radical (unpaired) electrons. The van der Waals surface area contributed by atoms with Crippen molar-refractivity contribution in [3.05, 3.63) is 94.0 Å². The van der Waals surface area contributed by atoms with Gasteiger partial charge in [0.15, 0.2) is 0 Å². The Hall–Kier alpha value is -2.83. The average Bonchev–Trinajstić information content (AvgIpc) is 2.73. The maximum absolute atomic E-state index is 12.9. The summed E-state index contributed by atoms with van der Waals surface area (Å²) in [5.74, 6) is -0.383. The minimum Gasteiger partial charge on any atom is -0.346 e. The van der Waals surface area contributed by atoms with Crippen LogP contribution in [0.1, 0.15) is 60.8 Å². The van der Waals surface area contributed by atoms with Crippen molar-refractivity contribution in [1.82, 2.24) is 5.32 Å². The molecule has 3 rings (SSSR count). The van der Waals surface area contributed by atoms with E-state index in [1.165, 1.54) is 23.8 Å². The molecule has 33 heavy (non-hydrogen) atoms. The number of sulfonamides is 1. The Labute approximate surface area is 201 Å². The monoisotopic (exact) mass is 484 g/mol. The first-order valence-corrected chi connectivity index (χ1v) is 12.5. The highest BCUT2D eigenvalue weighted by atomic mass is 35.5. The van der Waals surface area contributed by atoms with Gasteiger partial charge in [0, 0.05) is 11.3 Å². The summed E-state index contributed by atoms with van der Waals surface area (Å²) in [7, 11) is -3.98. The van der Waals surface area contributed by atoms with Crippen LogP contribution in [0.25, 0.3) is 0 Å². The van der Waals surface area contributed by atoms with Gasteiger partial charge in [-0.2, -0.15) is 0 Å². The SMILES string of the molecule is Cc1cccc(NS(=O)(=O)c2cc(C(=O)N[C@@H](C)c3ccc(C(C)(C)C)cc3)ccc2Cl)c1. The van der Waals surface area contributed by atoms with Gasteiger partial charge in [-0.1, -0.05) is 68.8 Å². The first-order valence-electron chi connectivity index (χ1n) is 10.7. The van der Waals surface area contributed by atoms with Crippen molar-refractivity contribution in [2.24, 2.45) is 0 Å². The average molecular weight is 485 g/mol. The van der Waals surface area contributed by atoms with E-state index >= 15 is 0 Å². The van der Waals surface area contributed by atoms with Crippen molar-refractivity contribution in [3.8, 4) is 0 Å². The fourth-order valence-corrected chi connectivity index (χ4v) is 4.98. The molecule has 0 bridgehead atoms. The number of carbonyl (C=O) groups excluding carboxylic acids is 1. The number of amides is 1. The topological polar surface area (TPSA) is 75.3 Å². The number of hydrogen-bond donors (Lipinski definition) is 2. The van der Waals surface area contributed by atoms with E-state index in [4.69, 9.17) is 11.6 Å². The summed E-state index contributed by atoms with van der Waals surface area (Å²) in [6.07, 6.45) is 0. The second kappa shape index (κ2) is 9.57. The number of halogens is 1. The van der Waals surface area contributed by atoms with Gasteiger partial charge in [-0.25, -0.2) is 8.42 Å². The van der Waals surface area contributed by atoms with Crippen LogP contribution < -0.4 is 10.0 Å². The number of benzene rings is 3. The Balaban J connectivity index is 1.80. The van der Waals surface area contributed by atoms with Crippen LogP contribution >= 0.6 is 11.6 Å². The third-order valence-electron chi connectivity index (χ3n) is 5.38. The Morgan fingerprint density at radius 2 is 1.64 bits per heavy atom. The molecule has 3 aromatic carbocycles. The fourth-order valence-electron chi connectivity index (χ4n) is 3.40. The number of nitrogens with one attached hydrogen (secondary N) is 2. The molecule has 2 N–H and O–H groups in total. The molecule has 0 saturated carbocycles. The molecule has 1 atom stereocenters. The van der Waals surface area contributed by atoms with E-state index in [0.717, 1.165) is 11.1 Å². The molecule has 5 nitrogen and oxygen atoms in total. The van der Waals surface area contributed by atoms with Crippen LogP contribution in [0.5, 0.6) is 0 Å². The standard InChI is InChI=1S/C26H29ClN2O3S/c1-17-7-6-8-22(15-17)29-33(31,32)24-16-20(11-14-23(24)27)25(30)28-18(2)19-9-12-21(13-10-19)26(3,4)5/h6-16,18,29H,1-5H3,(H,28,30)/t18-/m0/s1. The van der Waals surface area contributed by atoms with Crippen molar-refractivity contribution in [3.63, 3.8) is 0 Å². The van der Waals surface area contributed by atoms with Crippen LogP contribution in [0.15, 0.2) is 71.6 Å². The number of rotatable bonds is 6. The minimum absolute atomic E-state index is 0.0394. The van der Waals surface area contributed by atoms with Crippen molar-refractivity contribution in [2.75, 3.05) is 4.72 Å². The predicted octanol–water partition coefficient (Wildman–Crippen LogP) is 6.24. The minimum atomic E-state index is -3.98. The molecule has 3 aromatic rings. The largest absolute Gasteiger partial charge is 0.346 e. The van der Waals surface area contributed by atoms with Gasteiger partial charge in [-0.05, 0) is 66.3 Å². The molecular weight excluding hydrogens is 456 g/mol. The summed E-state index contributed by atoms with van der Waals surface area (Å²) >= 11 is 6.19. The molecule has 0 aliphatic carbocycles. The zero-order valence-corrected chi connectivity index (χ0v) is 21.0. The van der Waals surface area contributed by atoms with Crippen LogP contribution in [0.4, 0.5) is 5.69 Å². The van der Waals surface area contributed by atoms with Crippen LogP contribution in [-0.4, -0.2) is 14.3 Å². The van der Waals surface area contributed by atoms with Gasteiger partial charge in [-0.3, -0.25) is 9.52 Å². The molecule has 0 aliphatic heterocycles. The number of hydrogen-bond acceptors (Lipinski definition) is 3. The van der Waals surface area contributed by atoms with E-state index in [2.05, 4.69) is 42.9 Å². The molecule has 0 spiro atoms. The Morgan fingerprint density at radius 1 is 0.970 bits per heavy atom. The zero-order chi connectivity index (χ0) is 24.4. The van der Waals surface area contributed by atoms with Crippen molar-refractivity contribution in [2.45, 2.75) is 51.0 Å². The van der Waals surface area contributed by atoms with Crippen molar-refractivity contribution < 1.29 is 13.2 Å². The van der Waals surface area contributed by atoms with Crippen LogP contribution in [0.2, 0.25) is 5.02 Å². The lowest BCUT2D eigenvalue weighted by molar-refractivity contribution is 0.0939. The summed E-state index contributed by atoms with van der Waals surface area (Å²) < 4.78 is 28.4. The van der Waals surface area contributed by atoms with Gasteiger partial charge in [0.05, 0.1) is 11.1 Å². The van der Waals surface area contributed by atoms with Crippen molar-refractivity contribution >= 4 is 33.2 Å². The van der Waals surface area contributed by atoms with E-state index in [9.17, 15) is 13.2 Å². The lowest BCUT2D eigenvalue weighted by Crippen LogP contribution is -2.27. The van der Waals surface area contributed by atoms with Gasteiger partial charge in [0.1, 0.15) is 4.90 Å². The molecule has 0 fully saturated rings. The van der Waals surface area contributed by atoms with E-state index in [-0.39, 0.29) is 32.8 Å².